The molecule has 0 bridgehead atoms. The summed E-state index contributed by atoms with van der Waals surface area (Å²) in [6.07, 6.45) is -0.145. The van der Waals surface area contributed by atoms with Crippen LogP contribution in [0.3, 0.4) is 0 Å². The molecule has 134 valence electrons. The van der Waals surface area contributed by atoms with Gasteiger partial charge in [0.1, 0.15) is 10.7 Å². The van der Waals surface area contributed by atoms with E-state index < -0.39 is 21.7 Å². The molecule has 0 radical (unpaired) electrons. The first-order valence-electron chi connectivity index (χ1n) is 7.28. The SMILES string of the molecule is NC(=O)CCN(Cc1ccccc1)S(=O)(=O)c1cc(Br)c(F)cc1N. The van der Waals surface area contributed by atoms with Crippen molar-refractivity contribution in [2.75, 3.05) is 12.3 Å². The molecule has 0 heterocycles. The molecule has 0 atom stereocenters. The van der Waals surface area contributed by atoms with Crippen molar-refractivity contribution in [3.05, 3.63) is 58.3 Å². The molecule has 0 aliphatic rings. The topological polar surface area (TPSA) is 106 Å². The van der Waals surface area contributed by atoms with E-state index >= 15 is 0 Å². The molecule has 0 aromatic heterocycles. The first kappa shape index (κ1) is 19.4. The highest BCUT2D eigenvalue weighted by molar-refractivity contribution is 9.10. The zero-order valence-corrected chi connectivity index (χ0v) is 15.6. The predicted octanol–water partition coefficient (Wildman–Crippen LogP) is 2.24. The van der Waals surface area contributed by atoms with Crippen LogP contribution in [-0.4, -0.2) is 25.2 Å². The molecule has 0 saturated heterocycles. The minimum atomic E-state index is -4.06. The van der Waals surface area contributed by atoms with Gasteiger partial charge in [0.2, 0.25) is 15.9 Å². The quantitative estimate of drug-likeness (QED) is 0.657. The van der Waals surface area contributed by atoms with Crippen molar-refractivity contribution in [1.82, 2.24) is 4.31 Å². The van der Waals surface area contributed by atoms with E-state index in [1.165, 1.54) is 0 Å². The van der Waals surface area contributed by atoms with Gasteiger partial charge in [-0.05, 0) is 33.6 Å². The van der Waals surface area contributed by atoms with Crippen LogP contribution in [0.4, 0.5) is 10.1 Å². The number of amides is 1. The van der Waals surface area contributed by atoms with Crippen LogP contribution in [0.2, 0.25) is 0 Å². The van der Waals surface area contributed by atoms with Crippen LogP contribution in [0.1, 0.15) is 12.0 Å². The number of carbonyl (C=O) groups is 1. The number of nitrogens with two attached hydrogens (primary N) is 2. The number of nitrogen functional groups attached to an aromatic ring is 1. The smallest absolute Gasteiger partial charge is 0.245 e. The standard InChI is InChI=1S/C16H17BrFN3O3S/c17-12-8-15(14(19)9-13(12)18)25(23,24)21(7-6-16(20)22)10-11-4-2-1-3-5-11/h1-5,8-9H,6-7,10,19H2,(H2,20,22). The number of anilines is 1. The molecule has 25 heavy (non-hydrogen) atoms. The Morgan fingerprint density at radius 2 is 1.84 bits per heavy atom. The second-order valence-electron chi connectivity index (χ2n) is 5.34. The van der Waals surface area contributed by atoms with E-state index in [0.717, 1.165) is 22.0 Å². The lowest BCUT2D eigenvalue weighted by atomic mass is 10.2. The second kappa shape index (κ2) is 7.94. The van der Waals surface area contributed by atoms with E-state index in [1.807, 2.05) is 0 Å². The summed E-state index contributed by atoms with van der Waals surface area (Å²) in [5.41, 5.74) is 11.4. The lowest BCUT2D eigenvalue weighted by Crippen LogP contribution is -2.34. The van der Waals surface area contributed by atoms with Crippen LogP contribution in [0.25, 0.3) is 0 Å². The van der Waals surface area contributed by atoms with Crippen LogP contribution >= 0.6 is 15.9 Å². The number of rotatable bonds is 7. The maximum atomic E-state index is 13.6. The second-order valence-corrected chi connectivity index (χ2v) is 8.11. The Morgan fingerprint density at radius 3 is 2.44 bits per heavy atom. The molecule has 0 aliphatic carbocycles. The minimum absolute atomic E-state index is 0.0187. The Balaban J connectivity index is 2.43. The number of carbonyl (C=O) groups excluding carboxylic acids is 1. The fraction of sp³-hybridized carbons (Fsp3) is 0.188. The Kier molecular flexibility index (Phi) is 6.15. The normalized spacial score (nSPS) is 11.6. The van der Waals surface area contributed by atoms with Gasteiger partial charge in [0.15, 0.2) is 0 Å². The maximum Gasteiger partial charge on any atom is 0.245 e. The zero-order valence-electron chi connectivity index (χ0n) is 13.2. The molecule has 4 N–H and O–H groups in total. The van der Waals surface area contributed by atoms with Crippen LogP contribution < -0.4 is 11.5 Å². The number of sulfonamides is 1. The van der Waals surface area contributed by atoms with Gasteiger partial charge in [0, 0.05) is 19.5 Å². The van der Waals surface area contributed by atoms with Crippen LogP contribution in [0.5, 0.6) is 0 Å². The van der Waals surface area contributed by atoms with Crippen molar-refractivity contribution in [2.24, 2.45) is 5.73 Å². The summed E-state index contributed by atoms with van der Waals surface area (Å²) in [7, 11) is -4.06. The van der Waals surface area contributed by atoms with Crippen molar-refractivity contribution in [1.29, 1.82) is 0 Å². The molecule has 0 fully saturated rings. The fourth-order valence-electron chi connectivity index (χ4n) is 2.21. The molecule has 2 aromatic rings. The molecule has 9 heteroatoms. The minimum Gasteiger partial charge on any atom is -0.398 e. The third-order valence-electron chi connectivity index (χ3n) is 3.48. The van der Waals surface area contributed by atoms with Crippen molar-refractivity contribution in [3.63, 3.8) is 0 Å². The lowest BCUT2D eigenvalue weighted by Gasteiger charge is -2.23. The first-order valence-corrected chi connectivity index (χ1v) is 9.52. The van der Waals surface area contributed by atoms with E-state index in [2.05, 4.69) is 15.9 Å². The Hall–Kier alpha value is -1.97. The summed E-state index contributed by atoms with van der Waals surface area (Å²) >= 11 is 2.96. The number of hydrogen-bond acceptors (Lipinski definition) is 4. The van der Waals surface area contributed by atoms with Crippen LogP contribution in [0, 0.1) is 5.82 Å². The summed E-state index contributed by atoms with van der Waals surface area (Å²) in [4.78, 5) is 10.9. The third kappa shape index (κ3) is 4.77. The average Bonchev–Trinajstić information content (AvgIpc) is 2.55. The molecular weight excluding hydrogens is 413 g/mol. The van der Waals surface area contributed by atoms with E-state index in [4.69, 9.17) is 11.5 Å². The molecule has 2 rings (SSSR count). The fourth-order valence-corrected chi connectivity index (χ4v) is 4.26. The molecule has 2 aromatic carbocycles. The zero-order chi connectivity index (χ0) is 18.6. The van der Waals surface area contributed by atoms with Crippen molar-refractivity contribution in [2.45, 2.75) is 17.9 Å². The molecule has 6 nitrogen and oxygen atoms in total. The Morgan fingerprint density at radius 1 is 1.20 bits per heavy atom. The summed E-state index contributed by atoms with van der Waals surface area (Å²) in [6.45, 7) is -0.0775. The summed E-state index contributed by atoms with van der Waals surface area (Å²) in [5.74, 6) is -1.29. The Labute approximate surface area is 153 Å². The van der Waals surface area contributed by atoms with Gasteiger partial charge >= 0.3 is 0 Å². The van der Waals surface area contributed by atoms with Gasteiger partial charge in [-0.3, -0.25) is 4.79 Å². The number of nitrogens with zero attached hydrogens (tertiary/aromatic N) is 1. The van der Waals surface area contributed by atoms with Crippen molar-refractivity contribution < 1.29 is 17.6 Å². The predicted molar refractivity (Wildman–Crippen MR) is 96.4 cm³/mol. The van der Waals surface area contributed by atoms with E-state index in [1.54, 1.807) is 30.3 Å². The van der Waals surface area contributed by atoms with Crippen LogP contribution in [-0.2, 0) is 21.4 Å². The van der Waals surface area contributed by atoms with Gasteiger partial charge in [0.05, 0.1) is 10.2 Å². The molecule has 0 unspecified atom stereocenters. The summed E-state index contributed by atoms with van der Waals surface area (Å²) < 4.78 is 40.6. The highest BCUT2D eigenvalue weighted by atomic mass is 79.9. The molecule has 0 aliphatic heterocycles. The van der Waals surface area contributed by atoms with Gasteiger partial charge < -0.3 is 11.5 Å². The van der Waals surface area contributed by atoms with Crippen molar-refractivity contribution in [3.8, 4) is 0 Å². The number of hydrogen-bond donors (Lipinski definition) is 2. The van der Waals surface area contributed by atoms with Gasteiger partial charge in [-0.15, -0.1) is 0 Å². The van der Waals surface area contributed by atoms with E-state index in [9.17, 15) is 17.6 Å². The van der Waals surface area contributed by atoms with Gasteiger partial charge in [-0.2, -0.15) is 4.31 Å². The maximum absolute atomic E-state index is 13.6. The van der Waals surface area contributed by atoms with E-state index in [-0.39, 0.29) is 34.6 Å². The average molecular weight is 430 g/mol. The van der Waals surface area contributed by atoms with Gasteiger partial charge in [-0.25, -0.2) is 12.8 Å². The molecule has 0 spiro atoms. The summed E-state index contributed by atoms with van der Waals surface area (Å²) in [6, 6.07) is 10.9. The monoisotopic (exact) mass is 429 g/mol. The molecule has 0 saturated carbocycles. The number of benzene rings is 2. The van der Waals surface area contributed by atoms with Crippen molar-refractivity contribution >= 4 is 37.5 Å². The number of primary amides is 1. The lowest BCUT2D eigenvalue weighted by molar-refractivity contribution is -0.118. The third-order valence-corrected chi connectivity index (χ3v) is 5.99. The Bertz CT molecular complexity index is 876. The van der Waals surface area contributed by atoms with Crippen LogP contribution in [0.15, 0.2) is 51.8 Å². The van der Waals surface area contributed by atoms with Gasteiger partial charge in [0.25, 0.3) is 0 Å². The highest BCUT2D eigenvalue weighted by Crippen LogP contribution is 2.29. The summed E-state index contributed by atoms with van der Waals surface area (Å²) in [5, 5.41) is 0. The largest absolute Gasteiger partial charge is 0.398 e. The number of halogens is 2. The van der Waals surface area contributed by atoms with Gasteiger partial charge in [-0.1, -0.05) is 30.3 Å². The first-order chi connectivity index (χ1) is 11.7. The van der Waals surface area contributed by atoms with E-state index in [0.29, 0.717) is 0 Å². The molecule has 1 amide bonds. The highest BCUT2D eigenvalue weighted by Gasteiger charge is 2.28. The molecular formula is C16H17BrFN3O3S.